The monoisotopic (exact) mass is 318 g/mol. The Labute approximate surface area is 136 Å². The van der Waals surface area contributed by atoms with Crippen molar-refractivity contribution in [1.29, 1.82) is 0 Å². The van der Waals surface area contributed by atoms with Crippen molar-refractivity contribution < 1.29 is 19.1 Å². The van der Waals surface area contributed by atoms with Gasteiger partial charge in [-0.2, -0.15) is 0 Å². The maximum Gasteiger partial charge on any atom is 0.248 e. The van der Waals surface area contributed by atoms with E-state index < -0.39 is 0 Å². The average Bonchev–Trinajstić information content (AvgIpc) is 2.61. The Bertz CT molecular complexity index is 582. The van der Waals surface area contributed by atoms with Crippen LogP contribution in [0.1, 0.15) is 5.56 Å². The molecule has 1 saturated heterocycles. The highest BCUT2D eigenvalue weighted by Crippen LogP contribution is 2.27. The van der Waals surface area contributed by atoms with Crippen LogP contribution in [-0.2, 0) is 20.7 Å². The van der Waals surface area contributed by atoms with E-state index in [0.29, 0.717) is 32.8 Å². The van der Waals surface area contributed by atoms with Crippen molar-refractivity contribution in [2.45, 2.75) is 6.42 Å². The van der Waals surface area contributed by atoms with Gasteiger partial charge in [-0.15, -0.1) is 0 Å². The van der Waals surface area contributed by atoms with Gasteiger partial charge in [0.1, 0.15) is 19.0 Å². The highest BCUT2D eigenvalue weighted by Gasteiger charge is 2.31. The summed E-state index contributed by atoms with van der Waals surface area (Å²) in [5.41, 5.74) is 1.09. The summed E-state index contributed by atoms with van der Waals surface area (Å²) in [5.74, 6) is 0.852. The first-order valence-electron chi connectivity index (χ1n) is 7.95. The van der Waals surface area contributed by atoms with Crippen molar-refractivity contribution in [2.24, 2.45) is 5.92 Å². The maximum atomic E-state index is 12.7. The van der Waals surface area contributed by atoms with Crippen LogP contribution in [-0.4, -0.2) is 68.1 Å². The smallest absolute Gasteiger partial charge is 0.248 e. The quantitative estimate of drug-likeness (QED) is 0.817. The largest absolute Gasteiger partial charge is 0.492 e. The molecule has 0 N–H and O–H groups in total. The third kappa shape index (κ3) is 3.47. The highest BCUT2D eigenvalue weighted by atomic mass is 16.5. The lowest BCUT2D eigenvalue weighted by Crippen LogP contribution is -2.53. The fourth-order valence-corrected chi connectivity index (χ4v) is 3.14. The van der Waals surface area contributed by atoms with E-state index >= 15 is 0 Å². The molecule has 0 aromatic heterocycles. The van der Waals surface area contributed by atoms with Crippen LogP contribution >= 0.6 is 0 Å². The minimum Gasteiger partial charge on any atom is -0.492 e. The fourth-order valence-electron chi connectivity index (χ4n) is 3.14. The normalized spacial score (nSPS) is 20.7. The molecule has 2 amide bonds. The molecule has 1 atom stereocenters. The predicted molar refractivity (Wildman–Crippen MR) is 84.2 cm³/mol. The maximum absolute atomic E-state index is 12.7. The highest BCUT2D eigenvalue weighted by molar-refractivity contribution is 5.81. The van der Waals surface area contributed by atoms with Crippen molar-refractivity contribution in [2.75, 3.05) is 46.5 Å². The van der Waals surface area contributed by atoms with Crippen LogP contribution in [0.2, 0.25) is 0 Å². The molecule has 0 unspecified atom stereocenters. The molecular weight excluding hydrogens is 296 g/mol. The molecule has 0 bridgehead atoms. The Morgan fingerprint density at radius 2 is 1.87 bits per heavy atom. The number of carbonyl (C=O) groups is 2. The van der Waals surface area contributed by atoms with Gasteiger partial charge in [0.2, 0.25) is 11.8 Å². The van der Waals surface area contributed by atoms with Gasteiger partial charge < -0.3 is 19.3 Å². The Balaban J connectivity index is 1.55. The van der Waals surface area contributed by atoms with Gasteiger partial charge in [0.05, 0.1) is 5.92 Å². The molecule has 6 heteroatoms. The number of ether oxygens (including phenoxy) is 2. The van der Waals surface area contributed by atoms with Crippen LogP contribution in [0.3, 0.4) is 0 Å². The average molecular weight is 318 g/mol. The van der Waals surface area contributed by atoms with Crippen LogP contribution in [0.5, 0.6) is 5.75 Å². The molecular formula is C17H22N2O4. The van der Waals surface area contributed by atoms with E-state index in [2.05, 4.69) is 0 Å². The van der Waals surface area contributed by atoms with E-state index in [-0.39, 0.29) is 24.3 Å². The summed E-state index contributed by atoms with van der Waals surface area (Å²) in [6.45, 7) is 2.81. The van der Waals surface area contributed by atoms with E-state index in [1.54, 1.807) is 4.90 Å². The standard InChI is InChI=1S/C17H22N2O4/c1-22-12-16(20)18-6-8-19(9-7-18)17(21)14-10-13-4-2-3-5-15(13)23-11-14/h2-5,14H,6-12H2,1H3/t14-/m1/s1. The van der Waals surface area contributed by atoms with Crippen LogP contribution in [0.25, 0.3) is 0 Å². The number of amides is 2. The Morgan fingerprint density at radius 1 is 1.17 bits per heavy atom. The lowest BCUT2D eigenvalue weighted by Gasteiger charge is -2.37. The SMILES string of the molecule is COCC(=O)N1CCN(C(=O)[C@H]2COc3ccccc3C2)CC1. The minimum absolute atomic E-state index is 0.0190. The van der Waals surface area contributed by atoms with Crippen LogP contribution in [0, 0.1) is 5.92 Å². The van der Waals surface area contributed by atoms with Crippen molar-refractivity contribution in [3.05, 3.63) is 29.8 Å². The summed E-state index contributed by atoms with van der Waals surface area (Å²) >= 11 is 0. The molecule has 0 radical (unpaired) electrons. The molecule has 2 aliphatic rings. The molecule has 2 aliphatic heterocycles. The van der Waals surface area contributed by atoms with Gasteiger partial charge in [0.15, 0.2) is 0 Å². The zero-order chi connectivity index (χ0) is 16.2. The molecule has 0 aliphatic carbocycles. The zero-order valence-electron chi connectivity index (χ0n) is 13.4. The molecule has 6 nitrogen and oxygen atoms in total. The van der Waals surface area contributed by atoms with Crippen molar-refractivity contribution >= 4 is 11.8 Å². The summed E-state index contributed by atoms with van der Waals surface area (Å²) in [4.78, 5) is 28.1. The van der Waals surface area contributed by atoms with E-state index in [1.165, 1.54) is 7.11 Å². The fraction of sp³-hybridized carbons (Fsp3) is 0.529. The summed E-state index contributed by atoms with van der Waals surface area (Å²) in [7, 11) is 1.51. The van der Waals surface area contributed by atoms with Crippen molar-refractivity contribution in [3.63, 3.8) is 0 Å². The number of rotatable bonds is 3. The molecule has 0 spiro atoms. The number of nitrogens with zero attached hydrogens (tertiary/aromatic N) is 2. The van der Waals surface area contributed by atoms with Crippen LogP contribution in [0.15, 0.2) is 24.3 Å². The van der Waals surface area contributed by atoms with E-state index in [0.717, 1.165) is 17.7 Å². The second kappa shape index (κ2) is 7.00. The van der Waals surface area contributed by atoms with Gasteiger partial charge in [-0.05, 0) is 18.1 Å². The van der Waals surface area contributed by atoms with Crippen molar-refractivity contribution in [3.8, 4) is 5.75 Å². The number of piperazine rings is 1. The molecule has 3 rings (SSSR count). The third-order valence-electron chi connectivity index (χ3n) is 4.44. The molecule has 0 saturated carbocycles. The van der Waals surface area contributed by atoms with E-state index in [1.807, 2.05) is 29.2 Å². The Hall–Kier alpha value is -2.08. The lowest BCUT2D eigenvalue weighted by molar-refractivity contribution is -0.144. The number of carbonyl (C=O) groups excluding carboxylic acids is 2. The molecule has 2 heterocycles. The Kier molecular flexibility index (Phi) is 4.81. The number of hydrogen-bond acceptors (Lipinski definition) is 4. The number of methoxy groups -OCH3 is 1. The van der Waals surface area contributed by atoms with Gasteiger partial charge in [-0.1, -0.05) is 18.2 Å². The van der Waals surface area contributed by atoms with Gasteiger partial charge >= 0.3 is 0 Å². The van der Waals surface area contributed by atoms with Gasteiger partial charge in [0, 0.05) is 33.3 Å². The lowest BCUT2D eigenvalue weighted by atomic mass is 9.95. The number of benzene rings is 1. The first kappa shape index (κ1) is 15.8. The van der Waals surface area contributed by atoms with E-state index in [9.17, 15) is 9.59 Å². The molecule has 1 fully saturated rings. The molecule has 1 aromatic rings. The summed E-state index contributed by atoms with van der Waals surface area (Å²) in [5, 5.41) is 0. The number of para-hydroxylation sites is 1. The molecule has 23 heavy (non-hydrogen) atoms. The van der Waals surface area contributed by atoms with E-state index in [4.69, 9.17) is 9.47 Å². The molecule has 124 valence electrons. The van der Waals surface area contributed by atoms with Gasteiger partial charge in [0.25, 0.3) is 0 Å². The third-order valence-corrected chi connectivity index (χ3v) is 4.44. The molecule has 1 aromatic carbocycles. The first-order valence-corrected chi connectivity index (χ1v) is 7.95. The summed E-state index contributed by atoms with van der Waals surface area (Å²) in [6.07, 6.45) is 0.720. The summed E-state index contributed by atoms with van der Waals surface area (Å²) < 4.78 is 10.6. The summed E-state index contributed by atoms with van der Waals surface area (Å²) in [6, 6.07) is 7.86. The zero-order valence-corrected chi connectivity index (χ0v) is 13.4. The second-order valence-electron chi connectivity index (χ2n) is 5.96. The van der Waals surface area contributed by atoms with Crippen molar-refractivity contribution in [1.82, 2.24) is 9.80 Å². The predicted octanol–water partition coefficient (Wildman–Crippen LogP) is 0.555. The number of hydrogen-bond donors (Lipinski definition) is 0. The van der Waals surface area contributed by atoms with Crippen LogP contribution < -0.4 is 4.74 Å². The van der Waals surface area contributed by atoms with Crippen LogP contribution in [0.4, 0.5) is 0 Å². The van der Waals surface area contributed by atoms with Gasteiger partial charge in [-0.25, -0.2) is 0 Å². The first-order chi connectivity index (χ1) is 11.2. The Morgan fingerprint density at radius 3 is 2.61 bits per heavy atom. The minimum atomic E-state index is -0.133. The number of fused-ring (bicyclic) bond motifs is 1. The van der Waals surface area contributed by atoms with Gasteiger partial charge in [-0.3, -0.25) is 9.59 Å². The second-order valence-corrected chi connectivity index (χ2v) is 5.96. The topological polar surface area (TPSA) is 59.1 Å².